The number of thioether (sulfide) groups is 1. The summed E-state index contributed by atoms with van der Waals surface area (Å²) in [5.74, 6) is 5.30. The Morgan fingerprint density at radius 2 is 1.93 bits per heavy atom. The van der Waals surface area contributed by atoms with E-state index in [2.05, 4.69) is 10.3 Å². The van der Waals surface area contributed by atoms with Gasteiger partial charge in [0.1, 0.15) is 4.83 Å². The monoisotopic (exact) mass is 417 g/mol. The van der Waals surface area contributed by atoms with Crippen molar-refractivity contribution < 1.29 is 9.59 Å². The predicted octanol–water partition coefficient (Wildman–Crippen LogP) is 2.15. The van der Waals surface area contributed by atoms with Crippen LogP contribution in [0.25, 0.3) is 21.3 Å². The Hall–Kier alpha value is -2.85. The molecule has 0 unspecified atom stereocenters. The van der Waals surface area contributed by atoms with E-state index in [0.717, 1.165) is 27.6 Å². The summed E-state index contributed by atoms with van der Waals surface area (Å²) in [7, 11) is 0. The van der Waals surface area contributed by atoms with E-state index < -0.39 is 22.7 Å². The van der Waals surface area contributed by atoms with Gasteiger partial charge in [-0.2, -0.15) is 0 Å². The van der Waals surface area contributed by atoms with Crippen molar-refractivity contribution in [1.82, 2.24) is 15.0 Å². The maximum Gasteiger partial charge on any atom is 0.318 e. The molecule has 0 aliphatic carbocycles. The molecule has 10 heteroatoms. The molecule has 3 rings (SSSR count). The van der Waals surface area contributed by atoms with Gasteiger partial charge in [0.25, 0.3) is 5.56 Å². The third-order valence-corrected chi connectivity index (χ3v) is 6.42. The second-order valence-electron chi connectivity index (χ2n) is 6.40. The Morgan fingerprint density at radius 3 is 2.54 bits per heavy atom. The molecule has 0 bridgehead atoms. The summed E-state index contributed by atoms with van der Waals surface area (Å²) >= 11 is 2.35. The highest BCUT2D eigenvalue weighted by molar-refractivity contribution is 8.00. The van der Waals surface area contributed by atoms with Crippen molar-refractivity contribution in [1.29, 1.82) is 0 Å². The van der Waals surface area contributed by atoms with Crippen LogP contribution in [0.2, 0.25) is 0 Å². The lowest BCUT2D eigenvalue weighted by Gasteiger charge is -2.19. The van der Waals surface area contributed by atoms with E-state index in [0.29, 0.717) is 10.2 Å². The molecular formula is C18H19N5O3S2. The number of nitrogens with two attached hydrogens (primary N) is 2. The zero-order valence-corrected chi connectivity index (χ0v) is 16.8. The van der Waals surface area contributed by atoms with Gasteiger partial charge in [-0.3, -0.25) is 14.9 Å². The van der Waals surface area contributed by atoms with Crippen molar-refractivity contribution in [2.75, 3.05) is 5.84 Å². The Kier molecular flexibility index (Phi) is 5.71. The first-order valence-electron chi connectivity index (χ1n) is 8.41. The van der Waals surface area contributed by atoms with E-state index >= 15 is 0 Å². The molecule has 5 N–H and O–H groups in total. The molecule has 28 heavy (non-hydrogen) atoms. The molecule has 1 aromatic carbocycles. The van der Waals surface area contributed by atoms with Gasteiger partial charge >= 0.3 is 6.03 Å². The van der Waals surface area contributed by atoms with Crippen LogP contribution < -0.4 is 22.5 Å². The van der Waals surface area contributed by atoms with E-state index in [9.17, 15) is 14.4 Å². The number of hydrogen-bond acceptors (Lipinski definition) is 7. The summed E-state index contributed by atoms with van der Waals surface area (Å²) in [4.78, 5) is 41.2. The van der Waals surface area contributed by atoms with Gasteiger partial charge in [-0.05, 0) is 11.5 Å². The molecule has 1 atom stereocenters. The number of amides is 3. The molecule has 3 amide bonds. The van der Waals surface area contributed by atoms with Crippen LogP contribution in [0.1, 0.15) is 13.8 Å². The molecule has 0 aliphatic rings. The fourth-order valence-corrected chi connectivity index (χ4v) is 4.70. The number of benzene rings is 1. The number of thiophene rings is 1. The molecule has 3 aromatic rings. The fraction of sp³-hybridized carbons (Fsp3) is 0.222. The number of aromatic nitrogens is 2. The number of fused-ring (bicyclic) bond motifs is 1. The van der Waals surface area contributed by atoms with Gasteiger partial charge in [0.05, 0.1) is 10.6 Å². The van der Waals surface area contributed by atoms with Gasteiger partial charge in [-0.15, -0.1) is 11.3 Å². The van der Waals surface area contributed by atoms with Crippen LogP contribution in [-0.4, -0.2) is 26.8 Å². The first-order valence-corrected chi connectivity index (χ1v) is 10.2. The number of urea groups is 1. The highest BCUT2D eigenvalue weighted by Gasteiger charge is 2.27. The Balaban J connectivity index is 2.04. The van der Waals surface area contributed by atoms with Crippen LogP contribution in [-0.2, 0) is 4.79 Å². The van der Waals surface area contributed by atoms with Crippen molar-refractivity contribution in [2.24, 2.45) is 11.7 Å². The van der Waals surface area contributed by atoms with Crippen LogP contribution in [0, 0.1) is 5.92 Å². The number of nitrogens with one attached hydrogen (secondary N) is 1. The molecule has 0 aliphatic heterocycles. The highest BCUT2D eigenvalue weighted by atomic mass is 32.2. The lowest BCUT2D eigenvalue weighted by atomic mass is 10.1. The summed E-state index contributed by atoms with van der Waals surface area (Å²) in [5, 5.41) is 3.86. The van der Waals surface area contributed by atoms with Crippen LogP contribution in [0.4, 0.5) is 4.79 Å². The largest absolute Gasteiger partial charge is 0.351 e. The van der Waals surface area contributed by atoms with Crippen LogP contribution in [0.15, 0.2) is 45.7 Å². The van der Waals surface area contributed by atoms with Gasteiger partial charge in [0.2, 0.25) is 5.91 Å². The van der Waals surface area contributed by atoms with Gasteiger partial charge in [0, 0.05) is 10.9 Å². The van der Waals surface area contributed by atoms with Gasteiger partial charge in [0.15, 0.2) is 5.16 Å². The third-order valence-electron chi connectivity index (χ3n) is 4.04. The van der Waals surface area contributed by atoms with Crippen molar-refractivity contribution in [3.8, 4) is 11.1 Å². The van der Waals surface area contributed by atoms with Crippen LogP contribution >= 0.6 is 23.1 Å². The summed E-state index contributed by atoms with van der Waals surface area (Å²) in [6.07, 6.45) is 0. The fourth-order valence-electron chi connectivity index (χ4n) is 2.70. The summed E-state index contributed by atoms with van der Waals surface area (Å²) in [6, 6.07) is 8.57. The third kappa shape index (κ3) is 3.87. The van der Waals surface area contributed by atoms with E-state index in [1.54, 1.807) is 0 Å². The number of nitrogen functional groups attached to an aromatic ring is 1. The SMILES string of the molecule is CC(C)[C@H](Sc1nc2scc(-c3ccccc3)c2c(=O)n1N)C(=O)NC(N)=O. The number of carbonyl (C=O) groups excluding carboxylic acids is 2. The van der Waals surface area contributed by atoms with Gasteiger partial charge < -0.3 is 11.6 Å². The minimum atomic E-state index is -0.935. The zero-order valence-electron chi connectivity index (χ0n) is 15.2. The molecule has 0 saturated carbocycles. The standard InChI is InChI=1S/C18H19N5O3S2/c1-9(2)13(14(24)21-17(19)26)28-18-22-15-12(16(25)23(18)20)11(8-27-15)10-6-4-3-5-7-10/h3-9,13H,20H2,1-2H3,(H3,19,21,24,26)/t13-/m0/s1. The Morgan fingerprint density at radius 1 is 1.25 bits per heavy atom. The quantitative estimate of drug-likeness (QED) is 0.331. The maximum absolute atomic E-state index is 12.9. The topological polar surface area (TPSA) is 133 Å². The predicted molar refractivity (Wildman–Crippen MR) is 112 cm³/mol. The molecule has 146 valence electrons. The summed E-state index contributed by atoms with van der Waals surface area (Å²) in [6.45, 7) is 3.63. The molecule has 0 radical (unpaired) electrons. The van der Waals surface area contributed by atoms with Crippen molar-refractivity contribution in [2.45, 2.75) is 24.3 Å². The molecule has 0 fully saturated rings. The lowest BCUT2D eigenvalue weighted by molar-refractivity contribution is -0.120. The average Bonchev–Trinajstić information content (AvgIpc) is 3.07. The molecule has 0 spiro atoms. The number of nitrogens with zero attached hydrogens (tertiary/aromatic N) is 2. The molecule has 8 nitrogen and oxygen atoms in total. The van der Waals surface area contributed by atoms with Gasteiger partial charge in [-0.25, -0.2) is 14.5 Å². The smallest absolute Gasteiger partial charge is 0.318 e. The molecule has 0 saturated heterocycles. The Bertz CT molecular complexity index is 1090. The van der Waals surface area contributed by atoms with E-state index in [1.807, 2.05) is 49.6 Å². The minimum absolute atomic E-state index is 0.153. The summed E-state index contributed by atoms with van der Waals surface area (Å²) in [5.41, 5.74) is 6.30. The number of carbonyl (C=O) groups is 2. The number of hydrogen-bond donors (Lipinski definition) is 3. The van der Waals surface area contributed by atoms with Crippen molar-refractivity contribution in [3.63, 3.8) is 0 Å². The molecular weight excluding hydrogens is 398 g/mol. The van der Waals surface area contributed by atoms with Gasteiger partial charge in [-0.1, -0.05) is 55.9 Å². The van der Waals surface area contributed by atoms with E-state index in [4.69, 9.17) is 11.6 Å². The molecule has 2 aromatic heterocycles. The number of primary amides is 1. The highest BCUT2D eigenvalue weighted by Crippen LogP contribution is 2.33. The second kappa shape index (κ2) is 8.03. The zero-order chi connectivity index (χ0) is 20.4. The number of imide groups is 1. The lowest BCUT2D eigenvalue weighted by Crippen LogP contribution is -2.42. The average molecular weight is 418 g/mol. The second-order valence-corrected chi connectivity index (χ2v) is 8.37. The van der Waals surface area contributed by atoms with Crippen molar-refractivity contribution >= 4 is 45.3 Å². The maximum atomic E-state index is 12.9. The number of rotatable bonds is 5. The normalized spacial score (nSPS) is 12.2. The first-order chi connectivity index (χ1) is 13.3. The Labute approximate surface area is 168 Å². The van der Waals surface area contributed by atoms with E-state index in [1.165, 1.54) is 11.3 Å². The first kappa shape index (κ1) is 19.9. The molecule has 2 heterocycles. The van der Waals surface area contributed by atoms with Crippen molar-refractivity contribution in [3.05, 3.63) is 46.1 Å². The van der Waals surface area contributed by atoms with Crippen LogP contribution in [0.3, 0.4) is 0 Å². The van der Waals surface area contributed by atoms with E-state index in [-0.39, 0.29) is 11.1 Å². The van der Waals surface area contributed by atoms with Crippen LogP contribution in [0.5, 0.6) is 0 Å². The summed E-state index contributed by atoms with van der Waals surface area (Å²) < 4.78 is 0.944. The minimum Gasteiger partial charge on any atom is -0.351 e.